The van der Waals surface area contributed by atoms with Crippen molar-refractivity contribution >= 4 is 17.5 Å². The number of carbonyl (C=O) groups excluding carboxylic acids is 2. The van der Waals surface area contributed by atoms with E-state index in [1.807, 2.05) is 18.2 Å². The minimum atomic E-state index is -0.232. The van der Waals surface area contributed by atoms with E-state index in [9.17, 15) is 9.59 Å². The zero-order valence-electron chi connectivity index (χ0n) is 19.5. The fourth-order valence-corrected chi connectivity index (χ4v) is 3.83. The molecule has 172 valence electrons. The van der Waals surface area contributed by atoms with E-state index in [0.29, 0.717) is 35.7 Å². The van der Waals surface area contributed by atoms with Crippen molar-refractivity contribution in [1.82, 2.24) is 9.80 Å². The molecule has 0 radical (unpaired) electrons. The van der Waals surface area contributed by atoms with Gasteiger partial charge >= 0.3 is 0 Å². The third kappa shape index (κ3) is 5.66. The van der Waals surface area contributed by atoms with Gasteiger partial charge in [0, 0.05) is 44.5 Å². The first-order valence-corrected chi connectivity index (χ1v) is 10.9. The number of anilines is 1. The molecule has 0 saturated carbocycles. The van der Waals surface area contributed by atoms with Crippen molar-refractivity contribution in [3.63, 3.8) is 0 Å². The molecule has 2 amide bonds. The molecule has 0 aromatic heterocycles. The Labute approximate surface area is 190 Å². The fourth-order valence-electron chi connectivity index (χ4n) is 3.83. The second-order valence-electron chi connectivity index (χ2n) is 8.57. The molecule has 3 rings (SSSR count). The molecule has 0 aliphatic carbocycles. The van der Waals surface area contributed by atoms with Crippen LogP contribution in [0.15, 0.2) is 48.5 Å². The first-order valence-electron chi connectivity index (χ1n) is 10.9. The summed E-state index contributed by atoms with van der Waals surface area (Å²) in [5, 5.41) is 2.87. The Morgan fingerprint density at radius 3 is 2.50 bits per heavy atom. The van der Waals surface area contributed by atoms with Crippen LogP contribution in [0.25, 0.3) is 0 Å². The number of carbonyl (C=O) groups is 2. The minimum absolute atomic E-state index is 0.0941. The van der Waals surface area contributed by atoms with Gasteiger partial charge in [-0.2, -0.15) is 0 Å². The lowest BCUT2D eigenvalue weighted by Gasteiger charge is -2.34. The van der Waals surface area contributed by atoms with Gasteiger partial charge in [-0.15, -0.1) is 0 Å². The van der Waals surface area contributed by atoms with E-state index in [-0.39, 0.29) is 29.9 Å². The Balaban J connectivity index is 1.91. The molecule has 1 heterocycles. The average Bonchev–Trinajstić information content (AvgIpc) is 2.80. The molecule has 1 aliphatic heterocycles. The molecule has 0 saturated heterocycles. The quantitative estimate of drug-likeness (QED) is 0.794. The van der Waals surface area contributed by atoms with Gasteiger partial charge in [0.15, 0.2) is 0 Å². The van der Waals surface area contributed by atoms with Gasteiger partial charge in [-0.05, 0) is 50.2 Å². The van der Waals surface area contributed by atoms with E-state index in [0.717, 1.165) is 6.54 Å². The number of nitrogens with zero attached hydrogens (tertiary/aromatic N) is 2. The molecule has 2 aromatic carbocycles. The van der Waals surface area contributed by atoms with Crippen LogP contribution < -0.4 is 10.1 Å². The molecule has 32 heavy (non-hydrogen) atoms. The number of benzene rings is 2. The molecule has 0 spiro atoms. The topological polar surface area (TPSA) is 71.1 Å². The summed E-state index contributed by atoms with van der Waals surface area (Å²) in [6.45, 7) is 5.97. The normalized spacial score (nSPS) is 22.8. The highest BCUT2D eigenvalue weighted by atomic mass is 16.5. The van der Waals surface area contributed by atoms with Gasteiger partial charge in [0.05, 0.1) is 11.7 Å². The van der Waals surface area contributed by atoms with E-state index in [4.69, 9.17) is 9.47 Å². The summed E-state index contributed by atoms with van der Waals surface area (Å²) < 4.78 is 11.8. The molecular formula is C25H33N3O4. The van der Waals surface area contributed by atoms with Crippen molar-refractivity contribution < 1.29 is 19.1 Å². The Morgan fingerprint density at radius 2 is 1.81 bits per heavy atom. The van der Waals surface area contributed by atoms with Crippen LogP contribution in [-0.2, 0) is 4.74 Å². The molecule has 0 bridgehead atoms. The van der Waals surface area contributed by atoms with Crippen molar-refractivity contribution in [1.29, 1.82) is 0 Å². The van der Waals surface area contributed by atoms with Crippen LogP contribution in [0.2, 0.25) is 0 Å². The molecule has 7 heteroatoms. The van der Waals surface area contributed by atoms with Crippen LogP contribution in [0.5, 0.6) is 5.75 Å². The van der Waals surface area contributed by atoms with Crippen LogP contribution in [0, 0.1) is 5.92 Å². The number of hydrogen-bond donors (Lipinski definition) is 1. The highest BCUT2D eigenvalue weighted by molar-refractivity contribution is 6.05. The monoisotopic (exact) mass is 439 g/mol. The number of likely N-dealkylation sites (N-methyl/N-ethyl adjacent to an activating group) is 2. The summed E-state index contributed by atoms with van der Waals surface area (Å²) >= 11 is 0. The van der Waals surface area contributed by atoms with Crippen LogP contribution in [0.4, 0.5) is 5.69 Å². The SMILES string of the molecule is CO[C@@H]1CN(C)C(=O)c2cc(NC(=O)c3ccccc3)ccc2OC[C@@H](C)N(C)C[C@H]1C. The predicted molar refractivity (Wildman–Crippen MR) is 125 cm³/mol. The molecule has 1 N–H and O–H groups in total. The fraction of sp³-hybridized carbons (Fsp3) is 0.440. The molecule has 0 unspecified atom stereocenters. The van der Waals surface area contributed by atoms with Gasteiger partial charge in [-0.25, -0.2) is 0 Å². The summed E-state index contributed by atoms with van der Waals surface area (Å²) in [7, 11) is 5.52. The number of nitrogens with one attached hydrogen (secondary N) is 1. The summed E-state index contributed by atoms with van der Waals surface area (Å²) in [5.74, 6) is 0.330. The van der Waals surface area contributed by atoms with Gasteiger partial charge in [0.1, 0.15) is 12.4 Å². The zero-order chi connectivity index (χ0) is 23.3. The number of ether oxygens (including phenoxy) is 2. The van der Waals surface area contributed by atoms with E-state index in [1.54, 1.807) is 49.4 Å². The standard InChI is InChI=1S/C25H33N3O4/c1-17-14-27(3)18(2)16-32-22-12-11-20(26-24(29)19-9-7-6-8-10-19)13-21(22)25(30)28(4)15-23(17)31-5/h6-13,17-18,23H,14-16H2,1-5H3,(H,26,29)/t17-,18-,23-/m1/s1. The van der Waals surface area contributed by atoms with E-state index in [2.05, 4.69) is 31.1 Å². The largest absolute Gasteiger partial charge is 0.491 e. The van der Waals surface area contributed by atoms with E-state index >= 15 is 0 Å². The average molecular weight is 440 g/mol. The minimum Gasteiger partial charge on any atom is -0.491 e. The van der Waals surface area contributed by atoms with Crippen molar-refractivity contribution in [2.24, 2.45) is 5.92 Å². The Bertz CT molecular complexity index is 934. The third-order valence-corrected chi connectivity index (χ3v) is 6.05. The smallest absolute Gasteiger partial charge is 0.257 e. The highest BCUT2D eigenvalue weighted by Crippen LogP contribution is 2.26. The Kier molecular flexibility index (Phi) is 7.88. The predicted octanol–water partition coefficient (Wildman–Crippen LogP) is 3.37. The maximum Gasteiger partial charge on any atom is 0.257 e. The number of hydrogen-bond acceptors (Lipinski definition) is 5. The van der Waals surface area contributed by atoms with Crippen LogP contribution >= 0.6 is 0 Å². The summed E-state index contributed by atoms with van der Waals surface area (Å²) in [6, 6.07) is 14.3. The Morgan fingerprint density at radius 1 is 1.09 bits per heavy atom. The van der Waals surface area contributed by atoms with Crippen molar-refractivity contribution in [2.75, 3.05) is 46.2 Å². The zero-order valence-corrected chi connectivity index (χ0v) is 19.5. The molecule has 0 fully saturated rings. The van der Waals surface area contributed by atoms with Gasteiger partial charge in [-0.1, -0.05) is 25.1 Å². The summed E-state index contributed by atoms with van der Waals surface area (Å²) in [5.41, 5.74) is 1.50. The lowest BCUT2D eigenvalue weighted by atomic mass is 10.0. The molecule has 1 aliphatic rings. The van der Waals surface area contributed by atoms with E-state index < -0.39 is 0 Å². The third-order valence-electron chi connectivity index (χ3n) is 6.05. The molecule has 2 aromatic rings. The maximum absolute atomic E-state index is 13.3. The summed E-state index contributed by atoms with van der Waals surface area (Å²) in [6.07, 6.45) is -0.0941. The second kappa shape index (κ2) is 10.6. The van der Waals surface area contributed by atoms with Gasteiger partial charge < -0.3 is 19.7 Å². The van der Waals surface area contributed by atoms with Gasteiger partial charge in [-0.3, -0.25) is 14.5 Å². The van der Waals surface area contributed by atoms with Crippen molar-refractivity contribution in [3.05, 3.63) is 59.7 Å². The molecule has 3 atom stereocenters. The number of rotatable bonds is 3. The summed E-state index contributed by atoms with van der Waals surface area (Å²) in [4.78, 5) is 29.8. The molecular weight excluding hydrogens is 406 g/mol. The van der Waals surface area contributed by atoms with Gasteiger partial charge in [0.25, 0.3) is 11.8 Å². The second-order valence-corrected chi connectivity index (χ2v) is 8.57. The van der Waals surface area contributed by atoms with Crippen molar-refractivity contribution in [3.8, 4) is 5.75 Å². The Hall–Kier alpha value is -2.90. The lowest BCUT2D eigenvalue weighted by molar-refractivity contribution is 0.0150. The number of methoxy groups -OCH3 is 1. The van der Waals surface area contributed by atoms with E-state index in [1.165, 1.54) is 0 Å². The lowest BCUT2D eigenvalue weighted by Crippen LogP contribution is -2.45. The van der Waals surface area contributed by atoms with Crippen molar-refractivity contribution in [2.45, 2.75) is 26.0 Å². The number of amides is 2. The first-order chi connectivity index (χ1) is 15.3. The van der Waals surface area contributed by atoms with Crippen LogP contribution in [0.3, 0.4) is 0 Å². The molecule has 7 nitrogen and oxygen atoms in total. The maximum atomic E-state index is 13.3. The highest BCUT2D eigenvalue weighted by Gasteiger charge is 2.27. The van der Waals surface area contributed by atoms with Gasteiger partial charge in [0.2, 0.25) is 0 Å². The van der Waals surface area contributed by atoms with Crippen LogP contribution in [0.1, 0.15) is 34.6 Å². The number of fused-ring (bicyclic) bond motifs is 1. The van der Waals surface area contributed by atoms with Crippen LogP contribution in [-0.4, -0.2) is 74.7 Å². The first kappa shape index (κ1) is 23.8.